The third-order valence-corrected chi connectivity index (χ3v) is 8.87. The van der Waals surface area contributed by atoms with Crippen molar-refractivity contribution in [2.24, 2.45) is 7.05 Å². The highest BCUT2D eigenvalue weighted by Crippen LogP contribution is 2.42. The van der Waals surface area contributed by atoms with Crippen LogP contribution in [0.4, 0.5) is 18.9 Å². The topological polar surface area (TPSA) is 72.7 Å². The van der Waals surface area contributed by atoms with E-state index in [0.717, 1.165) is 28.3 Å². The van der Waals surface area contributed by atoms with Crippen molar-refractivity contribution in [2.75, 3.05) is 25.2 Å². The molecule has 222 valence electrons. The summed E-state index contributed by atoms with van der Waals surface area (Å²) in [4.78, 5) is 17.3. The smallest absolute Gasteiger partial charge is 0.416 e. The van der Waals surface area contributed by atoms with Gasteiger partial charge in [-0.05, 0) is 52.6 Å². The number of hydrogen-bond donors (Lipinski definition) is 0. The van der Waals surface area contributed by atoms with E-state index >= 15 is 0 Å². The fraction of sp³-hybridized carbons (Fsp3) is 0.344. The van der Waals surface area contributed by atoms with Gasteiger partial charge in [-0.15, -0.1) is 10.2 Å². The van der Waals surface area contributed by atoms with Crippen LogP contribution in [-0.2, 0) is 56.0 Å². The number of methoxy groups -OCH3 is 1. The lowest BCUT2D eigenvalue weighted by Gasteiger charge is -2.42. The quantitative estimate of drug-likeness (QED) is 0.301. The van der Waals surface area contributed by atoms with Crippen LogP contribution in [0.2, 0.25) is 0 Å². The molecule has 4 aromatic rings. The summed E-state index contributed by atoms with van der Waals surface area (Å²) in [5.74, 6) is 1.14. The number of nitrogens with zero attached hydrogens (tertiary/aromatic N) is 5. The van der Waals surface area contributed by atoms with Crippen molar-refractivity contribution in [1.29, 1.82) is 0 Å². The fourth-order valence-electron chi connectivity index (χ4n) is 6.53. The maximum Gasteiger partial charge on any atom is 0.416 e. The molecule has 43 heavy (non-hydrogen) atoms. The number of aryl methyl sites for hydroxylation is 1. The van der Waals surface area contributed by atoms with Gasteiger partial charge in [-0.3, -0.25) is 9.69 Å². The molecule has 0 aliphatic carbocycles. The van der Waals surface area contributed by atoms with E-state index in [1.807, 2.05) is 48.0 Å². The molecule has 3 aromatic carbocycles. The van der Waals surface area contributed by atoms with Crippen molar-refractivity contribution in [1.82, 2.24) is 19.7 Å². The second-order valence-corrected chi connectivity index (χ2v) is 11.7. The molecule has 1 fully saturated rings. The molecule has 1 aromatic heterocycles. The Kier molecular flexibility index (Phi) is 6.55. The Morgan fingerprint density at radius 1 is 1.02 bits per heavy atom. The van der Waals surface area contributed by atoms with E-state index < -0.39 is 17.6 Å². The van der Waals surface area contributed by atoms with Crippen molar-refractivity contribution >= 4 is 11.6 Å². The zero-order valence-electron chi connectivity index (χ0n) is 23.8. The first-order valence-corrected chi connectivity index (χ1v) is 14.1. The number of hydrogen-bond acceptors (Lipinski definition) is 6. The lowest BCUT2D eigenvalue weighted by atomic mass is 9.75. The minimum Gasteiger partial charge on any atom is -0.496 e. The Balaban J connectivity index is 1.18. The van der Waals surface area contributed by atoms with Crippen LogP contribution in [0.1, 0.15) is 49.6 Å². The monoisotopic (exact) mass is 589 g/mol. The van der Waals surface area contributed by atoms with Crippen molar-refractivity contribution in [3.05, 3.63) is 106 Å². The summed E-state index contributed by atoms with van der Waals surface area (Å²) in [7, 11) is 3.49. The second kappa shape index (κ2) is 10.2. The number of alkyl halides is 3. The molecule has 1 amide bonds. The molecule has 0 N–H and O–H groups in total. The molecule has 8 nitrogen and oxygen atoms in total. The van der Waals surface area contributed by atoms with E-state index in [1.54, 1.807) is 25.6 Å². The minimum atomic E-state index is -4.60. The zero-order valence-corrected chi connectivity index (χ0v) is 23.8. The van der Waals surface area contributed by atoms with Gasteiger partial charge in [0.1, 0.15) is 17.9 Å². The van der Waals surface area contributed by atoms with E-state index in [0.29, 0.717) is 44.0 Å². The minimum absolute atomic E-state index is 0.0128. The average molecular weight is 590 g/mol. The normalized spacial score (nSPS) is 17.6. The van der Waals surface area contributed by atoms with Gasteiger partial charge in [0.05, 0.1) is 32.4 Å². The number of benzene rings is 3. The van der Waals surface area contributed by atoms with Crippen LogP contribution in [0.3, 0.4) is 0 Å². The second-order valence-electron chi connectivity index (χ2n) is 11.7. The molecule has 11 heteroatoms. The zero-order chi connectivity index (χ0) is 29.9. The summed E-state index contributed by atoms with van der Waals surface area (Å²) in [6.07, 6.45) is -2.36. The molecular weight excluding hydrogens is 559 g/mol. The van der Waals surface area contributed by atoms with Gasteiger partial charge in [0.25, 0.3) is 5.91 Å². The molecule has 4 heterocycles. The Hall–Kier alpha value is -4.22. The van der Waals surface area contributed by atoms with Gasteiger partial charge in [0.15, 0.2) is 0 Å². The number of halogens is 3. The molecular formula is C32H30F3N5O3. The summed E-state index contributed by atoms with van der Waals surface area (Å²) in [6, 6.07) is 16.1. The van der Waals surface area contributed by atoms with Gasteiger partial charge in [-0.25, -0.2) is 0 Å². The standard InChI is InChI=1S/C32H30F3N5O3/c1-38-19-36-37-29(38)12-31(17-43-18-31)22-6-4-7-23(11-22)40-16-26-24(30(40)41)9-20(10-27(26)32(33,34)35)13-39-14-21-5-3-8-28(42-2)25(21)15-39/h3-11,19H,12-18H2,1-2H3. The van der Waals surface area contributed by atoms with Crippen molar-refractivity contribution in [3.8, 4) is 5.75 Å². The van der Waals surface area contributed by atoms with Crippen LogP contribution in [0.25, 0.3) is 0 Å². The molecule has 0 atom stereocenters. The summed E-state index contributed by atoms with van der Waals surface area (Å²) < 4.78 is 56.2. The average Bonchev–Trinajstić information content (AvgIpc) is 3.66. The number of carbonyl (C=O) groups excluding carboxylic acids is 1. The number of carbonyl (C=O) groups is 1. The maximum absolute atomic E-state index is 14.4. The SMILES string of the molecule is COc1cccc2c1CN(Cc1cc3c(c(C(F)(F)F)c1)CN(c1cccc(C4(Cc5nncn5C)COC4)c1)C3=O)C2. The number of fused-ring (bicyclic) bond motifs is 2. The fourth-order valence-corrected chi connectivity index (χ4v) is 6.53. The Morgan fingerprint density at radius 2 is 1.84 bits per heavy atom. The molecule has 1 saturated heterocycles. The van der Waals surface area contributed by atoms with Crippen LogP contribution in [-0.4, -0.2) is 45.9 Å². The Bertz CT molecular complexity index is 1730. The van der Waals surface area contributed by atoms with E-state index in [-0.39, 0.29) is 29.6 Å². The van der Waals surface area contributed by atoms with Crippen LogP contribution in [0.15, 0.2) is 60.9 Å². The van der Waals surface area contributed by atoms with Crippen LogP contribution in [0, 0.1) is 0 Å². The molecule has 0 spiro atoms. The molecule has 0 radical (unpaired) electrons. The number of amides is 1. The van der Waals surface area contributed by atoms with Crippen LogP contribution >= 0.6 is 0 Å². The first-order chi connectivity index (χ1) is 20.6. The van der Waals surface area contributed by atoms with Crippen LogP contribution < -0.4 is 9.64 Å². The number of aromatic nitrogens is 3. The maximum atomic E-state index is 14.4. The molecule has 0 saturated carbocycles. The third kappa shape index (κ3) is 4.76. The van der Waals surface area contributed by atoms with E-state index in [4.69, 9.17) is 9.47 Å². The van der Waals surface area contributed by atoms with Gasteiger partial charge in [-0.2, -0.15) is 13.2 Å². The molecule has 3 aliphatic heterocycles. The van der Waals surface area contributed by atoms with Crippen molar-refractivity contribution < 1.29 is 27.4 Å². The molecule has 7 rings (SSSR count). The number of anilines is 1. The lowest BCUT2D eigenvalue weighted by molar-refractivity contribution is -0.138. The van der Waals surface area contributed by atoms with Crippen LogP contribution in [0.5, 0.6) is 5.75 Å². The molecule has 0 bridgehead atoms. The molecule has 0 unspecified atom stereocenters. The number of ether oxygens (including phenoxy) is 2. The van der Waals surface area contributed by atoms with E-state index in [1.165, 1.54) is 11.0 Å². The summed E-state index contributed by atoms with van der Waals surface area (Å²) in [6.45, 7) is 2.24. The highest BCUT2D eigenvalue weighted by molar-refractivity contribution is 6.10. The predicted octanol–water partition coefficient (Wildman–Crippen LogP) is 5.03. The molecule has 3 aliphatic rings. The van der Waals surface area contributed by atoms with Gasteiger partial charge < -0.3 is 18.9 Å². The largest absolute Gasteiger partial charge is 0.496 e. The lowest BCUT2D eigenvalue weighted by Crippen LogP contribution is -2.49. The van der Waals surface area contributed by atoms with E-state index in [9.17, 15) is 18.0 Å². The first kappa shape index (κ1) is 27.6. The highest BCUT2D eigenvalue weighted by Gasteiger charge is 2.43. The van der Waals surface area contributed by atoms with Gasteiger partial charge in [-0.1, -0.05) is 24.3 Å². The highest BCUT2D eigenvalue weighted by atomic mass is 19.4. The first-order valence-electron chi connectivity index (χ1n) is 14.1. The summed E-state index contributed by atoms with van der Waals surface area (Å²) >= 11 is 0. The Morgan fingerprint density at radius 3 is 2.53 bits per heavy atom. The summed E-state index contributed by atoms with van der Waals surface area (Å²) in [5, 5.41) is 8.20. The van der Waals surface area contributed by atoms with Crippen molar-refractivity contribution in [3.63, 3.8) is 0 Å². The third-order valence-electron chi connectivity index (χ3n) is 8.87. The van der Waals surface area contributed by atoms with Gasteiger partial charge in [0, 0.05) is 55.3 Å². The van der Waals surface area contributed by atoms with Gasteiger partial charge in [0.2, 0.25) is 0 Å². The van der Waals surface area contributed by atoms with Crippen molar-refractivity contribution in [2.45, 2.75) is 44.2 Å². The summed E-state index contributed by atoms with van der Waals surface area (Å²) in [5.41, 5.74) is 3.09. The number of rotatable bonds is 7. The van der Waals surface area contributed by atoms with Gasteiger partial charge >= 0.3 is 6.18 Å². The van der Waals surface area contributed by atoms with E-state index in [2.05, 4.69) is 15.1 Å². The Labute approximate surface area is 246 Å². The predicted molar refractivity (Wildman–Crippen MR) is 152 cm³/mol.